The molecule has 0 atom stereocenters. The number of aromatic nitrogens is 2. The fourth-order valence-electron chi connectivity index (χ4n) is 2.46. The van der Waals surface area contributed by atoms with Crippen molar-refractivity contribution in [3.8, 4) is 5.75 Å². The monoisotopic (exact) mass is 413 g/mol. The first-order chi connectivity index (χ1) is 13.9. The van der Waals surface area contributed by atoms with Gasteiger partial charge in [0.05, 0.1) is 16.3 Å². The first-order valence-electron chi connectivity index (χ1n) is 8.69. The summed E-state index contributed by atoms with van der Waals surface area (Å²) >= 11 is 1.55. The molecule has 2 amide bonds. The van der Waals surface area contributed by atoms with E-state index < -0.39 is 24.4 Å². The summed E-state index contributed by atoms with van der Waals surface area (Å²) in [6, 6.07) is 9.61. The summed E-state index contributed by atoms with van der Waals surface area (Å²) in [6.07, 6.45) is 1.69. The smallest absolute Gasteiger partial charge is 0.338 e. The van der Waals surface area contributed by atoms with E-state index in [2.05, 4.69) is 10.3 Å². The Hall–Kier alpha value is -3.46. The molecule has 8 nitrogen and oxygen atoms in total. The molecule has 0 unspecified atom stereocenters. The van der Waals surface area contributed by atoms with Crippen LogP contribution in [0.2, 0.25) is 0 Å². The van der Waals surface area contributed by atoms with E-state index in [0.717, 1.165) is 10.7 Å². The Morgan fingerprint density at radius 3 is 2.55 bits per heavy atom. The zero-order valence-electron chi connectivity index (χ0n) is 15.9. The van der Waals surface area contributed by atoms with Crippen molar-refractivity contribution in [2.75, 3.05) is 6.61 Å². The molecule has 150 valence electrons. The molecule has 0 aliphatic rings. The van der Waals surface area contributed by atoms with Gasteiger partial charge in [0.2, 0.25) is 0 Å². The van der Waals surface area contributed by atoms with Crippen LogP contribution in [0.1, 0.15) is 31.5 Å². The van der Waals surface area contributed by atoms with Crippen LogP contribution in [0.25, 0.3) is 0 Å². The SMILES string of the molecule is Cc1nc(COc2ccc(C(=O)OCC(=O)NC(=O)c3cccn3C)cc2)cs1. The lowest BCUT2D eigenvalue weighted by Gasteiger charge is -2.08. The lowest BCUT2D eigenvalue weighted by atomic mass is 10.2. The van der Waals surface area contributed by atoms with Crippen LogP contribution in [0, 0.1) is 6.92 Å². The minimum atomic E-state index is -0.706. The van der Waals surface area contributed by atoms with Crippen molar-refractivity contribution in [2.24, 2.45) is 7.05 Å². The standard InChI is InChI=1S/C20H19N3O5S/c1-13-21-15(12-29-13)10-27-16-7-5-14(6-8-16)20(26)28-11-18(24)22-19(25)17-4-3-9-23(17)2/h3-9,12H,10-11H2,1-2H3,(H,22,24,25). The third-order valence-corrected chi connectivity index (χ3v) is 4.73. The number of hydrogen-bond donors (Lipinski definition) is 1. The average molecular weight is 413 g/mol. The van der Waals surface area contributed by atoms with Crippen LogP contribution >= 0.6 is 11.3 Å². The van der Waals surface area contributed by atoms with Gasteiger partial charge in [0.25, 0.3) is 11.8 Å². The number of benzene rings is 1. The maximum Gasteiger partial charge on any atom is 0.338 e. The van der Waals surface area contributed by atoms with E-state index in [1.165, 1.54) is 12.1 Å². The summed E-state index contributed by atoms with van der Waals surface area (Å²) in [5.41, 5.74) is 1.43. The number of ether oxygens (including phenoxy) is 2. The van der Waals surface area contributed by atoms with Crippen molar-refractivity contribution in [3.63, 3.8) is 0 Å². The van der Waals surface area contributed by atoms with Crippen LogP contribution in [0.15, 0.2) is 48.0 Å². The number of nitrogens with one attached hydrogen (secondary N) is 1. The molecule has 3 rings (SSSR count). The highest BCUT2D eigenvalue weighted by atomic mass is 32.1. The first kappa shape index (κ1) is 20.3. The lowest BCUT2D eigenvalue weighted by Crippen LogP contribution is -2.35. The van der Waals surface area contributed by atoms with Gasteiger partial charge in [0, 0.05) is 18.6 Å². The molecule has 0 saturated heterocycles. The maximum absolute atomic E-state index is 12.1. The lowest BCUT2D eigenvalue weighted by molar-refractivity contribution is -0.123. The summed E-state index contributed by atoms with van der Waals surface area (Å²) in [7, 11) is 1.69. The fraction of sp³-hybridized carbons (Fsp3) is 0.200. The second kappa shape index (κ2) is 9.16. The van der Waals surface area contributed by atoms with Gasteiger partial charge in [0.1, 0.15) is 18.1 Å². The molecule has 1 aromatic carbocycles. The third-order valence-electron chi connectivity index (χ3n) is 3.91. The molecule has 9 heteroatoms. The molecule has 0 saturated carbocycles. The van der Waals surface area contributed by atoms with Gasteiger partial charge in [-0.2, -0.15) is 0 Å². The van der Waals surface area contributed by atoms with Crippen LogP contribution in [0.5, 0.6) is 5.75 Å². The highest BCUT2D eigenvalue weighted by molar-refractivity contribution is 7.09. The van der Waals surface area contributed by atoms with Crippen molar-refractivity contribution < 1.29 is 23.9 Å². The zero-order valence-corrected chi connectivity index (χ0v) is 16.7. The largest absolute Gasteiger partial charge is 0.487 e. The average Bonchev–Trinajstić information content (AvgIpc) is 3.32. The van der Waals surface area contributed by atoms with Gasteiger partial charge in [-0.25, -0.2) is 9.78 Å². The Labute approximate surface area is 171 Å². The van der Waals surface area contributed by atoms with Crippen LogP contribution in [-0.2, 0) is 23.2 Å². The predicted molar refractivity (Wildman–Crippen MR) is 106 cm³/mol. The number of amides is 2. The molecule has 0 radical (unpaired) electrons. The summed E-state index contributed by atoms with van der Waals surface area (Å²) in [5.74, 6) is -1.36. The third kappa shape index (κ3) is 5.52. The number of carbonyl (C=O) groups excluding carboxylic acids is 3. The quantitative estimate of drug-likeness (QED) is 0.598. The van der Waals surface area contributed by atoms with Crippen LogP contribution in [-0.4, -0.2) is 33.9 Å². The van der Waals surface area contributed by atoms with Crippen molar-refractivity contribution >= 4 is 29.1 Å². The van der Waals surface area contributed by atoms with Crippen LogP contribution < -0.4 is 10.1 Å². The zero-order chi connectivity index (χ0) is 20.8. The number of carbonyl (C=O) groups is 3. The van der Waals surface area contributed by atoms with Crippen molar-refractivity contribution in [1.82, 2.24) is 14.9 Å². The molecule has 1 N–H and O–H groups in total. The van der Waals surface area contributed by atoms with Gasteiger partial charge in [-0.05, 0) is 43.3 Å². The van der Waals surface area contributed by atoms with Gasteiger partial charge in [0.15, 0.2) is 6.61 Å². The molecule has 3 aromatic rings. The molecule has 29 heavy (non-hydrogen) atoms. The predicted octanol–water partition coefficient (Wildman–Crippen LogP) is 2.48. The van der Waals surface area contributed by atoms with Gasteiger partial charge in [-0.15, -0.1) is 11.3 Å². The first-order valence-corrected chi connectivity index (χ1v) is 9.57. The summed E-state index contributed by atoms with van der Waals surface area (Å²) in [4.78, 5) is 40.2. The Morgan fingerprint density at radius 1 is 1.17 bits per heavy atom. The Bertz CT molecular complexity index is 1020. The van der Waals surface area contributed by atoms with E-state index in [1.807, 2.05) is 12.3 Å². The fourth-order valence-corrected chi connectivity index (χ4v) is 3.05. The molecular weight excluding hydrogens is 394 g/mol. The number of rotatable bonds is 7. The number of hydrogen-bond acceptors (Lipinski definition) is 7. The van der Waals surface area contributed by atoms with Crippen LogP contribution in [0.4, 0.5) is 0 Å². The Kier molecular flexibility index (Phi) is 6.40. The summed E-state index contributed by atoms with van der Waals surface area (Å²) in [5, 5.41) is 5.07. The number of esters is 1. The second-order valence-electron chi connectivity index (χ2n) is 6.13. The Morgan fingerprint density at radius 2 is 1.93 bits per heavy atom. The van der Waals surface area contributed by atoms with Crippen LogP contribution in [0.3, 0.4) is 0 Å². The Balaban J connectivity index is 1.45. The van der Waals surface area contributed by atoms with E-state index >= 15 is 0 Å². The maximum atomic E-state index is 12.1. The van der Waals surface area contributed by atoms with E-state index in [4.69, 9.17) is 9.47 Å². The minimum absolute atomic E-state index is 0.267. The number of nitrogens with zero attached hydrogens (tertiary/aromatic N) is 2. The highest BCUT2D eigenvalue weighted by Gasteiger charge is 2.15. The molecule has 0 bridgehead atoms. The molecule has 0 spiro atoms. The molecule has 0 fully saturated rings. The van der Waals surface area contributed by atoms with Gasteiger partial charge in [-0.3, -0.25) is 14.9 Å². The molecule has 0 aliphatic heterocycles. The van der Waals surface area contributed by atoms with Crippen molar-refractivity contribution in [3.05, 3.63) is 69.9 Å². The topological polar surface area (TPSA) is 99.5 Å². The minimum Gasteiger partial charge on any atom is -0.487 e. The number of imide groups is 1. The molecule has 2 heterocycles. The van der Waals surface area contributed by atoms with Gasteiger partial charge >= 0.3 is 5.97 Å². The summed E-state index contributed by atoms with van der Waals surface area (Å²) in [6.45, 7) is 1.70. The summed E-state index contributed by atoms with van der Waals surface area (Å²) < 4.78 is 12.1. The van der Waals surface area contributed by atoms with Crippen molar-refractivity contribution in [2.45, 2.75) is 13.5 Å². The van der Waals surface area contributed by atoms with Gasteiger partial charge < -0.3 is 14.0 Å². The molecule has 0 aliphatic carbocycles. The normalized spacial score (nSPS) is 10.4. The van der Waals surface area contributed by atoms with E-state index in [-0.39, 0.29) is 5.56 Å². The second-order valence-corrected chi connectivity index (χ2v) is 7.19. The van der Waals surface area contributed by atoms with E-state index in [0.29, 0.717) is 18.1 Å². The van der Waals surface area contributed by atoms with E-state index in [9.17, 15) is 14.4 Å². The molecular formula is C20H19N3O5S. The highest BCUT2D eigenvalue weighted by Crippen LogP contribution is 2.16. The van der Waals surface area contributed by atoms with Gasteiger partial charge in [-0.1, -0.05) is 0 Å². The van der Waals surface area contributed by atoms with E-state index in [1.54, 1.807) is 53.4 Å². The number of aryl methyl sites for hydroxylation is 2. The van der Waals surface area contributed by atoms with Crippen molar-refractivity contribution in [1.29, 1.82) is 0 Å². The molecule has 2 aromatic heterocycles. The number of thiazole rings is 1.